The predicted octanol–water partition coefficient (Wildman–Crippen LogP) is 1.52. The molecule has 0 bridgehead atoms. The number of hydrogen-bond donors (Lipinski definition) is 2. The Morgan fingerprint density at radius 3 is 2.75 bits per heavy atom. The van der Waals surface area contributed by atoms with E-state index < -0.39 is 17.6 Å². The van der Waals surface area contributed by atoms with Crippen LogP contribution in [-0.4, -0.2) is 24.2 Å². The van der Waals surface area contributed by atoms with Crippen LogP contribution in [0.25, 0.3) is 0 Å². The van der Waals surface area contributed by atoms with Crippen LogP contribution in [0, 0.1) is 0 Å². The van der Waals surface area contributed by atoms with Crippen LogP contribution in [0.4, 0.5) is 4.79 Å². The van der Waals surface area contributed by atoms with Crippen molar-refractivity contribution in [3.05, 3.63) is 23.2 Å². The van der Waals surface area contributed by atoms with Gasteiger partial charge >= 0.3 is 12.0 Å². The Balaban J connectivity index is 1.92. The lowest BCUT2D eigenvalue weighted by Gasteiger charge is -2.19. The van der Waals surface area contributed by atoms with Gasteiger partial charge in [-0.25, -0.2) is 10.2 Å². The third-order valence-electron chi connectivity index (χ3n) is 2.62. The van der Waals surface area contributed by atoms with E-state index in [1.54, 1.807) is 20.8 Å². The van der Waals surface area contributed by atoms with Crippen LogP contribution in [0.3, 0.4) is 0 Å². The van der Waals surface area contributed by atoms with Crippen LogP contribution in [0.5, 0.6) is 0 Å². The Kier molecular flexibility index (Phi) is 3.99. The largest absolute Gasteiger partial charge is 0.458 e. The average molecular weight is 282 g/mol. The number of hydrogen-bond acceptors (Lipinski definition) is 5. The Labute approximate surface area is 116 Å². The molecule has 0 unspecified atom stereocenters. The molecule has 1 aliphatic rings. The second kappa shape index (κ2) is 5.54. The third kappa shape index (κ3) is 3.51. The molecule has 2 amide bonds. The zero-order chi connectivity index (χ0) is 14.8. The lowest BCUT2D eigenvalue weighted by molar-refractivity contribution is 0.0480. The van der Waals surface area contributed by atoms with E-state index in [4.69, 9.17) is 13.9 Å². The number of amides is 2. The van der Waals surface area contributed by atoms with E-state index in [0.717, 1.165) is 11.1 Å². The summed E-state index contributed by atoms with van der Waals surface area (Å²) in [7, 11) is 0. The molecule has 1 aromatic rings. The summed E-state index contributed by atoms with van der Waals surface area (Å²) >= 11 is 0. The molecule has 1 aliphatic heterocycles. The van der Waals surface area contributed by atoms with E-state index >= 15 is 0 Å². The van der Waals surface area contributed by atoms with Gasteiger partial charge in [0.1, 0.15) is 5.60 Å². The number of carbonyl (C=O) groups excluding carboxylic acids is 2. The van der Waals surface area contributed by atoms with Gasteiger partial charge in [-0.15, -0.1) is 0 Å². The summed E-state index contributed by atoms with van der Waals surface area (Å²) < 4.78 is 15.5. The minimum atomic E-state index is -0.727. The van der Waals surface area contributed by atoms with Crippen molar-refractivity contribution in [2.75, 3.05) is 6.61 Å². The number of rotatable bonds is 1. The van der Waals surface area contributed by atoms with Gasteiger partial charge in [-0.1, -0.05) is 0 Å². The molecule has 0 atom stereocenters. The fraction of sp³-hybridized carbons (Fsp3) is 0.538. The first-order valence-electron chi connectivity index (χ1n) is 6.33. The third-order valence-corrected chi connectivity index (χ3v) is 2.62. The van der Waals surface area contributed by atoms with Gasteiger partial charge in [0, 0.05) is 17.5 Å². The summed E-state index contributed by atoms with van der Waals surface area (Å²) in [5.41, 5.74) is 5.49. The molecule has 7 heteroatoms. The van der Waals surface area contributed by atoms with Gasteiger partial charge < -0.3 is 13.9 Å². The van der Waals surface area contributed by atoms with Gasteiger partial charge in [0.05, 0.1) is 19.5 Å². The Hall–Kier alpha value is -2.02. The molecule has 2 rings (SSSR count). The van der Waals surface area contributed by atoms with Crippen molar-refractivity contribution >= 4 is 12.0 Å². The van der Waals surface area contributed by atoms with Gasteiger partial charge in [-0.2, -0.15) is 0 Å². The van der Waals surface area contributed by atoms with Crippen molar-refractivity contribution in [1.82, 2.24) is 10.9 Å². The van der Waals surface area contributed by atoms with Crippen molar-refractivity contribution in [2.45, 2.75) is 39.4 Å². The minimum Gasteiger partial charge on any atom is -0.458 e. The fourth-order valence-corrected chi connectivity index (χ4v) is 1.83. The molecule has 0 aromatic carbocycles. The summed E-state index contributed by atoms with van der Waals surface area (Å²) in [6.45, 7) is 6.18. The molecule has 0 radical (unpaired) electrons. The topological polar surface area (TPSA) is 89.8 Å². The highest BCUT2D eigenvalue weighted by molar-refractivity contribution is 5.94. The quantitative estimate of drug-likeness (QED) is 0.762. The molecular formula is C13H18N2O5. The number of hydrazine groups is 1. The maximum atomic E-state index is 11.9. The second-order valence-electron chi connectivity index (χ2n) is 5.45. The average Bonchev–Trinajstić information content (AvgIpc) is 2.78. The monoisotopic (exact) mass is 282 g/mol. The van der Waals surface area contributed by atoms with Crippen LogP contribution in [0.1, 0.15) is 42.5 Å². The van der Waals surface area contributed by atoms with Crippen molar-refractivity contribution in [1.29, 1.82) is 0 Å². The van der Waals surface area contributed by atoms with Crippen LogP contribution in [-0.2, 0) is 22.5 Å². The molecule has 1 aromatic heterocycles. The predicted molar refractivity (Wildman–Crippen MR) is 68.9 cm³/mol. The summed E-state index contributed by atoms with van der Waals surface area (Å²) in [5, 5.41) is 0. The summed E-state index contributed by atoms with van der Waals surface area (Å²) in [4.78, 5) is 23.4. The standard InChI is InChI=1S/C13H18N2O5/c1-13(2,3)20-12(17)15-14-11(16)10-9-4-5-18-6-8(9)7-19-10/h7H,4-6H2,1-3H3,(H,14,16)(H,15,17). The fourth-order valence-electron chi connectivity index (χ4n) is 1.83. The van der Waals surface area contributed by atoms with Gasteiger partial charge in [0.25, 0.3) is 0 Å². The maximum Gasteiger partial charge on any atom is 0.426 e. The first-order chi connectivity index (χ1) is 9.37. The Morgan fingerprint density at radius 1 is 1.30 bits per heavy atom. The van der Waals surface area contributed by atoms with Crippen LogP contribution < -0.4 is 10.9 Å². The molecule has 20 heavy (non-hydrogen) atoms. The van der Waals surface area contributed by atoms with Crippen LogP contribution >= 0.6 is 0 Å². The molecule has 0 fully saturated rings. The van der Waals surface area contributed by atoms with Gasteiger partial charge in [0.2, 0.25) is 0 Å². The van der Waals surface area contributed by atoms with Crippen molar-refractivity contribution in [3.63, 3.8) is 0 Å². The lowest BCUT2D eigenvalue weighted by atomic mass is 10.1. The van der Waals surface area contributed by atoms with Crippen molar-refractivity contribution < 1.29 is 23.5 Å². The molecule has 0 spiro atoms. The zero-order valence-electron chi connectivity index (χ0n) is 11.7. The van der Waals surface area contributed by atoms with Gasteiger partial charge in [0.15, 0.2) is 5.76 Å². The first kappa shape index (κ1) is 14.4. The van der Waals surface area contributed by atoms with Gasteiger partial charge in [-0.3, -0.25) is 10.2 Å². The van der Waals surface area contributed by atoms with Crippen LogP contribution in [0.2, 0.25) is 0 Å². The van der Waals surface area contributed by atoms with E-state index in [1.165, 1.54) is 6.26 Å². The smallest absolute Gasteiger partial charge is 0.426 e. The van der Waals surface area contributed by atoms with Gasteiger partial charge in [-0.05, 0) is 20.8 Å². The summed E-state index contributed by atoms with van der Waals surface area (Å²) in [6, 6.07) is 0. The molecule has 0 saturated heterocycles. The number of furan rings is 1. The summed E-state index contributed by atoms with van der Waals surface area (Å²) in [5.74, 6) is -0.321. The van der Waals surface area contributed by atoms with E-state index in [-0.39, 0.29) is 5.76 Å². The Bertz CT molecular complexity index is 515. The normalized spacial score (nSPS) is 14.3. The van der Waals surface area contributed by atoms with E-state index in [0.29, 0.717) is 19.6 Å². The second-order valence-corrected chi connectivity index (χ2v) is 5.45. The van der Waals surface area contributed by atoms with Crippen LogP contribution in [0.15, 0.2) is 10.7 Å². The molecule has 2 N–H and O–H groups in total. The van der Waals surface area contributed by atoms with E-state index in [2.05, 4.69) is 10.9 Å². The highest BCUT2D eigenvalue weighted by Gasteiger charge is 2.23. The summed E-state index contributed by atoms with van der Waals surface area (Å²) in [6.07, 6.45) is 1.38. The lowest BCUT2D eigenvalue weighted by Crippen LogP contribution is -2.44. The van der Waals surface area contributed by atoms with Crippen molar-refractivity contribution in [2.24, 2.45) is 0 Å². The highest BCUT2D eigenvalue weighted by atomic mass is 16.6. The number of fused-ring (bicyclic) bond motifs is 1. The molecule has 7 nitrogen and oxygen atoms in total. The molecule has 110 valence electrons. The van der Waals surface area contributed by atoms with E-state index in [1.807, 2.05) is 0 Å². The highest BCUT2D eigenvalue weighted by Crippen LogP contribution is 2.22. The maximum absolute atomic E-state index is 11.9. The molecule has 2 heterocycles. The molecular weight excluding hydrogens is 264 g/mol. The first-order valence-corrected chi connectivity index (χ1v) is 6.33. The molecule has 0 saturated carbocycles. The number of carbonyl (C=O) groups is 2. The number of ether oxygens (including phenoxy) is 2. The zero-order valence-corrected chi connectivity index (χ0v) is 11.7. The minimum absolute atomic E-state index is 0.194. The van der Waals surface area contributed by atoms with E-state index in [9.17, 15) is 9.59 Å². The Morgan fingerprint density at radius 2 is 2.05 bits per heavy atom. The van der Waals surface area contributed by atoms with Crippen molar-refractivity contribution in [3.8, 4) is 0 Å². The molecule has 0 aliphatic carbocycles. The number of nitrogens with one attached hydrogen (secondary N) is 2. The SMILES string of the molecule is CC(C)(C)OC(=O)NNC(=O)c1occ2c1CCOC2.